The van der Waals surface area contributed by atoms with E-state index in [9.17, 15) is 5.11 Å². The summed E-state index contributed by atoms with van der Waals surface area (Å²) < 4.78 is 16.4. The van der Waals surface area contributed by atoms with Gasteiger partial charge in [-0.15, -0.1) is 0 Å². The minimum absolute atomic E-state index is 0.0266. The Bertz CT molecular complexity index is 386. The van der Waals surface area contributed by atoms with Crippen molar-refractivity contribution < 1.29 is 19.3 Å². The van der Waals surface area contributed by atoms with Crippen LogP contribution < -0.4 is 14.2 Å². The summed E-state index contributed by atoms with van der Waals surface area (Å²) in [5.41, 5.74) is 0.913. The molecule has 18 heavy (non-hydrogen) atoms. The summed E-state index contributed by atoms with van der Waals surface area (Å²) in [5, 5.41) is 9.53. The first-order chi connectivity index (χ1) is 8.49. The third-order valence-corrected chi connectivity index (χ3v) is 2.45. The lowest BCUT2D eigenvalue weighted by molar-refractivity contribution is 0.188. The molecule has 0 bridgehead atoms. The summed E-state index contributed by atoms with van der Waals surface area (Å²) in [5.74, 6) is 1.85. The molecule has 1 rings (SSSR count). The number of methoxy groups -OCH3 is 2. The minimum Gasteiger partial charge on any atom is -0.493 e. The second kappa shape index (κ2) is 6.50. The molecule has 1 aromatic rings. The minimum atomic E-state index is -0.433. The van der Waals surface area contributed by atoms with Gasteiger partial charge >= 0.3 is 0 Å². The predicted octanol–water partition coefficient (Wildman–Crippen LogP) is 2.41. The zero-order valence-corrected chi connectivity index (χ0v) is 11.7. The summed E-state index contributed by atoms with van der Waals surface area (Å²) in [6, 6.07) is 3.72. The molecule has 0 radical (unpaired) electrons. The summed E-state index contributed by atoms with van der Waals surface area (Å²) >= 11 is 0. The molecule has 0 spiro atoms. The fraction of sp³-hybridized carbons (Fsp3) is 0.571. The van der Waals surface area contributed by atoms with Gasteiger partial charge < -0.3 is 19.3 Å². The number of aliphatic hydroxyl groups excluding tert-OH is 1. The fourth-order valence-electron chi connectivity index (χ4n) is 1.78. The Morgan fingerprint density at radius 1 is 1.06 bits per heavy atom. The van der Waals surface area contributed by atoms with Crippen molar-refractivity contribution in [2.45, 2.75) is 39.4 Å². The molecule has 0 amide bonds. The smallest absolute Gasteiger partial charge is 0.203 e. The van der Waals surface area contributed by atoms with E-state index in [2.05, 4.69) is 0 Å². The third-order valence-electron chi connectivity index (χ3n) is 2.45. The van der Waals surface area contributed by atoms with Crippen LogP contribution in [0.2, 0.25) is 0 Å². The molecule has 0 saturated carbocycles. The van der Waals surface area contributed by atoms with Gasteiger partial charge in [0.2, 0.25) is 5.75 Å². The third kappa shape index (κ3) is 3.53. The zero-order chi connectivity index (χ0) is 13.7. The summed E-state index contributed by atoms with van der Waals surface area (Å²) in [4.78, 5) is 0. The summed E-state index contributed by atoms with van der Waals surface area (Å²) in [6.07, 6.45) is 0.110. The monoisotopic (exact) mass is 254 g/mol. The number of benzene rings is 1. The van der Waals surface area contributed by atoms with Gasteiger partial charge in [-0.2, -0.15) is 0 Å². The molecule has 0 aliphatic rings. The predicted molar refractivity (Wildman–Crippen MR) is 70.7 cm³/mol. The standard InChI is InChI=1S/C14H22O4/c1-9(2)18-13-11(8-10(3)15)6-7-12(16-4)14(13)17-5/h6-7,9-10,15H,8H2,1-5H3. The first-order valence-corrected chi connectivity index (χ1v) is 6.08. The average molecular weight is 254 g/mol. The molecular weight excluding hydrogens is 232 g/mol. The van der Waals surface area contributed by atoms with Crippen LogP contribution >= 0.6 is 0 Å². The molecular formula is C14H22O4. The Morgan fingerprint density at radius 3 is 2.17 bits per heavy atom. The van der Waals surface area contributed by atoms with E-state index in [4.69, 9.17) is 14.2 Å². The number of rotatable bonds is 6. The van der Waals surface area contributed by atoms with Crippen molar-refractivity contribution in [3.63, 3.8) is 0 Å². The van der Waals surface area contributed by atoms with E-state index in [1.807, 2.05) is 26.0 Å². The van der Waals surface area contributed by atoms with Crippen molar-refractivity contribution in [2.24, 2.45) is 0 Å². The van der Waals surface area contributed by atoms with Gasteiger partial charge in [0.25, 0.3) is 0 Å². The van der Waals surface area contributed by atoms with Gasteiger partial charge in [-0.3, -0.25) is 0 Å². The summed E-state index contributed by atoms with van der Waals surface area (Å²) in [6.45, 7) is 5.64. The van der Waals surface area contributed by atoms with E-state index in [0.29, 0.717) is 23.7 Å². The van der Waals surface area contributed by atoms with Crippen LogP contribution in [-0.2, 0) is 6.42 Å². The molecule has 0 aromatic heterocycles. The van der Waals surface area contributed by atoms with Gasteiger partial charge in [0.1, 0.15) is 0 Å². The van der Waals surface area contributed by atoms with Crippen molar-refractivity contribution in [1.29, 1.82) is 0 Å². The molecule has 1 aromatic carbocycles. The first-order valence-electron chi connectivity index (χ1n) is 6.08. The highest BCUT2D eigenvalue weighted by Crippen LogP contribution is 2.40. The Kier molecular flexibility index (Phi) is 5.28. The zero-order valence-electron chi connectivity index (χ0n) is 11.7. The van der Waals surface area contributed by atoms with Crippen LogP contribution in [0.3, 0.4) is 0 Å². The highest BCUT2D eigenvalue weighted by molar-refractivity contribution is 5.56. The van der Waals surface area contributed by atoms with Crippen LogP contribution in [0.1, 0.15) is 26.3 Å². The van der Waals surface area contributed by atoms with Crippen LogP contribution in [0.15, 0.2) is 12.1 Å². The van der Waals surface area contributed by atoms with Crippen molar-refractivity contribution in [3.8, 4) is 17.2 Å². The van der Waals surface area contributed by atoms with E-state index < -0.39 is 6.10 Å². The second-order valence-corrected chi connectivity index (χ2v) is 4.51. The second-order valence-electron chi connectivity index (χ2n) is 4.51. The molecule has 0 aliphatic carbocycles. The van der Waals surface area contributed by atoms with Gasteiger partial charge in [-0.05, 0) is 26.8 Å². The van der Waals surface area contributed by atoms with Crippen LogP contribution in [0.4, 0.5) is 0 Å². The molecule has 4 heteroatoms. The Balaban J connectivity index is 3.24. The topological polar surface area (TPSA) is 47.9 Å². The Labute approximate surface area is 108 Å². The fourth-order valence-corrected chi connectivity index (χ4v) is 1.78. The van der Waals surface area contributed by atoms with Crippen molar-refractivity contribution in [1.82, 2.24) is 0 Å². The van der Waals surface area contributed by atoms with Crippen molar-refractivity contribution in [3.05, 3.63) is 17.7 Å². The number of hydrogen-bond acceptors (Lipinski definition) is 4. The van der Waals surface area contributed by atoms with E-state index in [-0.39, 0.29) is 6.10 Å². The van der Waals surface area contributed by atoms with Gasteiger partial charge in [-0.25, -0.2) is 0 Å². The van der Waals surface area contributed by atoms with E-state index in [1.165, 1.54) is 0 Å². The van der Waals surface area contributed by atoms with Crippen molar-refractivity contribution >= 4 is 0 Å². The number of hydrogen-bond donors (Lipinski definition) is 1. The number of ether oxygens (including phenoxy) is 3. The molecule has 0 aliphatic heterocycles. The van der Waals surface area contributed by atoms with Crippen LogP contribution in [0.5, 0.6) is 17.2 Å². The normalized spacial score (nSPS) is 12.4. The number of aliphatic hydroxyl groups is 1. The maximum atomic E-state index is 9.53. The average Bonchev–Trinajstić information content (AvgIpc) is 2.29. The highest BCUT2D eigenvalue weighted by Gasteiger charge is 2.18. The van der Waals surface area contributed by atoms with Crippen LogP contribution in [-0.4, -0.2) is 31.5 Å². The maximum Gasteiger partial charge on any atom is 0.203 e. The molecule has 1 unspecified atom stereocenters. The van der Waals surface area contributed by atoms with Gasteiger partial charge in [0, 0.05) is 12.0 Å². The lowest BCUT2D eigenvalue weighted by Gasteiger charge is -2.20. The van der Waals surface area contributed by atoms with E-state index in [0.717, 1.165) is 5.56 Å². The van der Waals surface area contributed by atoms with E-state index >= 15 is 0 Å². The lowest BCUT2D eigenvalue weighted by atomic mass is 10.1. The molecule has 1 atom stereocenters. The molecule has 4 nitrogen and oxygen atoms in total. The van der Waals surface area contributed by atoms with Gasteiger partial charge in [-0.1, -0.05) is 6.07 Å². The molecule has 1 N–H and O–H groups in total. The lowest BCUT2D eigenvalue weighted by Crippen LogP contribution is -2.12. The Hall–Kier alpha value is -1.42. The van der Waals surface area contributed by atoms with Crippen LogP contribution in [0.25, 0.3) is 0 Å². The van der Waals surface area contributed by atoms with Crippen molar-refractivity contribution in [2.75, 3.05) is 14.2 Å². The first kappa shape index (κ1) is 14.6. The van der Waals surface area contributed by atoms with Crippen LogP contribution in [0, 0.1) is 0 Å². The van der Waals surface area contributed by atoms with E-state index in [1.54, 1.807) is 21.1 Å². The van der Waals surface area contributed by atoms with Gasteiger partial charge in [0.15, 0.2) is 11.5 Å². The Morgan fingerprint density at radius 2 is 1.72 bits per heavy atom. The molecule has 0 fully saturated rings. The SMILES string of the molecule is COc1ccc(CC(C)O)c(OC(C)C)c1OC. The molecule has 0 heterocycles. The van der Waals surface area contributed by atoms with Gasteiger partial charge in [0.05, 0.1) is 26.4 Å². The quantitative estimate of drug-likeness (QED) is 0.847. The molecule has 102 valence electrons. The largest absolute Gasteiger partial charge is 0.493 e. The summed E-state index contributed by atoms with van der Waals surface area (Å²) in [7, 11) is 3.17. The maximum absolute atomic E-state index is 9.53. The highest BCUT2D eigenvalue weighted by atomic mass is 16.5. The molecule has 0 saturated heterocycles.